The molecule has 1 aromatic heterocycles. The molecule has 102 valence electrons. The summed E-state index contributed by atoms with van der Waals surface area (Å²) in [5.41, 5.74) is 2.86. The van der Waals surface area contributed by atoms with Gasteiger partial charge in [-0.1, -0.05) is 24.3 Å². The van der Waals surface area contributed by atoms with E-state index < -0.39 is 6.10 Å². The van der Waals surface area contributed by atoms with Gasteiger partial charge in [-0.05, 0) is 32.4 Å². The summed E-state index contributed by atoms with van der Waals surface area (Å²) >= 11 is 0. The first-order valence-corrected chi connectivity index (χ1v) is 6.53. The number of aryl methyl sites for hydroxylation is 1. The summed E-state index contributed by atoms with van der Waals surface area (Å²) in [7, 11) is 0. The average Bonchev–Trinajstić information content (AvgIpc) is 2.91. The van der Waals surface area contributed by atoms with Gasteiger partial charge >= 0.3 is 0 Å². The number of para-hydroxylation sites is 1. The van der Waals surface area contributed by atoms with Crippen molar-refractivity contribution in [2.45, 2.75) is 31.9 Å². The first-order chi connectivity index (χ1) is 8.75. The maximum Gasteiger partial charge on any atom is 0.0963 e. The number of nitrogens with one attached hydrogen (secondary N) is 1. The lowest BCUT2D eigenvalue weighted by molar-refractivity contribution is 0.139. The number of halogens is 1. The summed E-state index contributed by atoms with van der Waals surface area (Å²) in [5.74, 6) is 0. The Bertz CT molecular complexity index is 567. The van der Waals surface area contributed by atoms with Gasteiger partial charge in [0.2, 0.25) is 0 Å². The number of hydrogen-bond donors (Lipinski definition) is 2. The lowest BCUT2D eigenvalue weighted by Gasteiger charge is -2.19. The van der Waals surface area contributed by atoms with Crippen LogP contribution >= 0.6 is 12.4 Å². The molecule has 2 heterocycles. The minimum atomic E-state index is -0.467. The molecular weight excluding hydrogens is 260 g/mol. The molecule has 0 saturated carbocycles. The molecule has 2 atom stereocenters. The zero-order valence-electron chi connectivity index (χ0n) is 11.0. The number of aliphatic hydroxyl groups is 1. The van der Waals surface area contributed by atoms with Gasteiger partial charge in [-0.3, -0.25) is 4.98 Å². The third-order valence-electron chi connectivity index (χ3n) is 3.69. The van der Waals surface area contributed by atoms with Crippen LogP contribution in [-0.2, 0) is 0 Å². The highest BCUT2D eigenvalue weighted by Crippen LogP contribution is 2.28. The minimum Gasteiger partial charge on any atom is -0.387 e. The summed E-state index contributed by atoms with van der Waals surface area (Å²) in [5, 5.41) is 15.0. The first kappa shape index (κ1) is 14.3. The topological polar surface area (TPSA) is 45.1 Å². The Morgan fingerprint density at radius 2 is 2.16 bits per heavy atom. The number of nitrogens with zero attached hydrogens (tertiary/aromatic N) is 1. The SMILES string of the molecule is Cc1ccc2cccc(C(O)C3CCCN3)c2n1.Cl. The van der Waals surface area contributed by atoms with E-state index in [1.165, 1.54) is 0 Å². The number of aromatic nitrogens is 1. The van der Waals surface area contributed by atoms with Crippen LogP contribution < -0.4 is 5.32 Å². The zero-order chi connectivity index (χ0) is 12.5. The van der Waals surface area contributed by atoms with Gasteiger partial charge in [-0.2, -0.15) is 0 Å². The van der Waals surface area contributed by atoms with Crippen LogP contribution in [0.2, 0.25) is 0 Å². The molecule has 1 aliphatic rings. The van der Waals surface area contributed by atoms with Gasteiger partial charge in [0.25, 0.3) is 0 Å². The smallest absolute Gasteiger partial charge is 0.0963 e. The summed E-state index contributed by atoms with van der Waals surface area (Å²) in [6.45, 7) is 2.98. The van der Waals surface area contributed by atoms with Gasteiger partial charge in [-0.25, -0.2) is 0 Å². The molecule has 1 aliphatic heterocycles. The van der Waals surface area contributed by atoms with E-state index >= 15 is 0 Å². The second-order valence-electron chi connectivity index (χ2n) is 5.02. The maximum atomic E-state index is 10.5. The normalized spacial score (nSPS) is 20.2. The molecule has 0 radical (unpaired) electrons. The number of fused-ring (bicyclic) bond motifs is 1. The van der Waals surface area contributed by atoms with Crippen LogP contribution in [-0.4, -0.2) is 22.7 Å². The molecule has 0 spiro atoms. The number of benzene rings is 1. The Labute approximate surface area is 119 Å². The Balaban J connectivity index is 0.00000133. The molecule has 3 rings (SSSR count). The summed E-state index contributed by atoms with van der Waals surface area (Å²) < 4.78 is 0. The summed E-state index contributed by atoms with van der Waals surface area (Å²) in [6.07, 6.45) is 1.70. The van der Waals surface area contributed by atoms with Crippen molar-refractivity contribution in [1.82, 2.24) is 10.3 Å². The van der Waals surface area contributed by atoms with Gasteiger partial charge in [0, 0.05) is 22.7 Å². The Hall–Kier alpha value is -1.16. The molecule has 0 bridgehead atoms. The van der Waals surface area contributed by atoms with E-state index in [0.29, 0.717) is 0 Å². The van der Waals surface area contributed by atoms with Gasteiger partial charge in [-0.15, -0.1) is 12.4 Å². The molecule has 1 fully saturated rings. The fourth-order valence-corrected chi connectivity index (χ4v) is 2.70. The van der Waals surface area contributed by atoms with E-state index in [4.69, 9.17) is 0 Å². The van der Waals surface area contributed by atoms with Crippen LogP contribution in [0.3, 0.4) is 0 Å². The van der Waals surface area contributed by atoms with Crippen LogP contribution in [0.4, 0.5) is 0 Å². The highest BCUT2D eigenvalue weighted by molar-refractivity contribution is 5.85. The predicted octanol–water partition coefficient (Wildman–Crippen LogP) is 2.75. The van der Waals surface area contributed by atoms with E-state index in [1.54, 1.807) is 0 Å². The van der Waals surface area contributed by atoms with Gasteiger partial charge in [0.05, 0.1) is 11.6 Å². The second kappa shape index (κ2) is 5.87. The molecule has 0 amide bonds. The Kier molecular flexibility index (Phi) is 4.40. The molecule has 3 nitrogen and oxygen atoms in total. The zero-order valence-corrected chi connectivity index (χ0v) is 11.8. The fraction of sp³-hybridized carbons (Fsp3) is 0.400. The first-order valence-electron chi connectivity index (χ1n) is 6.53. The number of hydrogen-bond acceptors (Lipinski definition) is 3. The largest absolute Gasteiger partial charge is 0.387 e. The molecule has 2 unspecified atom stereocenters. The van der Waals surface area contributed by atoms with Crippen molar-refractivity contribution in [3.05, 3.63) is 41.6 Å². The van der Waals surface area contributed by atoms with Gasteiger partial charge in [0.1, 0.15) is 0 Å². The second-order valence-corrected chi connectivity index (χ2v) is 5.02. The molecule has 0 aliphatic carbocycles. The lowest BCUT2D eigenvalue weighted by atomic mass is 9.98. The number of aliphatic hydroxyl groups excluding tert-OH is 1. The van der Waals surface area contributed by atoms with Crippen molar-refractivity contribution in [1.29, 1.82) is 0 Å². The van der Waals surface area contributed by atoms with Crippen molar-refractivity contribution in [3.63, 3.8) is 0 Å². The third-order valence-corrected chi connectivity index (χ3v) is 3.69. The highest BCUT2D eigenvalue weighted by atomic mass is 35.5. The molecule has 2 N–H and O–H groups in total. The van der Waals surface area contributed by atoms with Crippen LogP contribution in [0, 0.1) is 6.92 Å². The van der Waals surface area contributed by atoms with E-state index in [0.717, 1.165) is 41.5 Å². The van der Waals surface area contributed by atoms with E-state index in [2.05, 4.69) is 16.4 Å². The van der Waals surface area contributed by atoms with Crippen molar-refractivity contribution in [3.8, 4) is 0 Å². The monoisotopic (exact) mass is 278 g/mol. The maximum absolute atomic E-state index is 10.5. The quantitative estimate of drug-likeness (QED) is 0.888. The summed E-state index contributed by atoms with van der Waals surface area (Å²) in [4.78, 5) is 4.58. The highest BCUT2D eigenvalue weighted by Gasteiger charge is 2.25. The molecule has 4 heteroatoms. The Morgan fingerprint density at radius 1 is 1.32 bits per heavy atom. The summed E-state index contributed by atoms with van der Waals surface area (Å²) in [6, 6.07) is 10.3. The number of rotatable bonds is 2. The van der Waals surface area contributed by atoms with E-state index in [1.807, 2.05) is 31.2 Å². The van der Waals surface area contributed by atoms with Crippen LogP contribution in [0.1, 0.15) is 30.2 Å². The van der Waals surface area contributed by atoms with Crippen LogP contribution in [0.25, 0.3) is 10.9 Å². The number of pyridine rings is 1. The Morgan fingerprint density at radius 3 is 2.89 bits per heavy atom. The van der Waals surface area contributed by atoms with E-state index in [-0.39, 0.29) is 18.4 Å². The molecular formula is C15H19ClN2O. The molecule has 1 saturated heterocycles. The van der Waals surface area contributed by atoms with Gasteiger partial charge < -0.3 is 10.4 Å². The van der Waals surface area contributed by atoms with Crippen molar-refractivity contribution in [2.24, 2.45) is 0 Å². The lowest BCUT2D eigenvalue weighted by Crippen LogP contribution is -2.28. The van der Waals surface area contributed by atoms with Crippen molar-refractivity contribution in [2.75, 3.05) is 6.54 Å². The average molecular weight is 279 g/mol. The van der Waals surface area contributed by atoms with E-state index in [9.17, 15) is 5.11 Å². The van der Waals surface area contributed by atoms with Gasteiger partial charge in [0.15, 0.2) is 0 Å². The minimum absolute atomic E-state index is 0. The predicted molar refractivity (Wildman–Crippen MR) is 79.7 cm³/mol. The fourth-order valence-electron chi connectivity index (χ4n) is 2.70. The molecule has 2 aromatic rings. The standard InChI is InChI=1S/C15H18N2O.ClH/c1-10-7-8-11-4-2-5-12(14(11)17-10)15(18)13-6-3-9-16-13;/h2,4-5,7-8,13,15-16,18H,3,6,9H2,1H3;1H. The molecule has 1 aromatic carbocycles. The third kappa shape index (κ3) is 2.73. The molecule has 19 heavy (non-hydrogen) atoms. The van der Waals surface area contributed by atoms with Crippen molar-refractivity contribution < 1.29 is 5.11 Å². The van der Waals surface area contributed by atoms with Crippen molar-refractivity contribution >= 4 is 23.3 Å². The van der Waals surface area contributed by atoms with Crippen LogP contribution in [0.5, 0.6) is 0 Å². The van der Waals surface area contributed by atoms with Crippen LogP contribution in [0.15, 0.2) is 30.3 Å².